The normalized spacial score (nSPS) is 14.7. The van der Waals surface area contributed by atoms with Crippen LogP contribution in [0.5, 0.6) is 5.88 Å². The zero-order valence-corrected chi connectivity index (χ0v) is 14.4. The van der Waals surface area contributed by atoms with Crippen LogP contribution in [-0.2, 0) is 6.54 Å². The van der Waals surface area contributed by atoms with Crippen LogP contribution in [0.1, 0.15) is 15.9 Å². The lowest BCUT2D eigenvalue weighted by atomic mass is 10.0. The summed E-state index contributed by atoms with van der Waals surface area (Å²) < 4.78 is 5.67. The molecule has 6 nitrogen and oxygen atoms in total. The number of oxime groups is 1. The van der Waals surface area contributed by atoms with Gasteiger partial charge in [0.25, 0.3) is 0 Å². The molecule has 3 rings (SSSR count). The largest absolute Gasteiger partial charge is 0.477 e. The summed E-state index contributed by atoms with van der Waals surface area (Å²) in [6, 6.07) is 13.7. The Morgan fingerprint density at radius 3 is 2.68 bits per heavy atom. The van der Waals surface area contributed by atoms with Gasteiger partial charge in [0, 0.05) is 43.4 Å². The number of hydrogen-bond donors (Lipinski definition) is 1. The minimum Gasteiger partial charge on any atom is -0.477 e. The van der Waals surface area contributed by atoms with Crippen molar-refractivity contribution in [2.45, 2.75) is 6.54 Å². The van der Waals surface area contributed by atoms with Crippen LogP contribution in [-0.4, -0.2) is 46.8 Å². The first-order valence-electron chi connectivity index (χ1n) is 7.81. The van der Waals surface area contributed by atoms with Crippen LogP contribution in [0.3, 0.4) is 0 Å². The van der Waals surface area contributed by atoms with E-state index in [2.05, 4.69) is 39.3 Å². The van der Waals surface area contributed by atoms with E-state index in [1.54, 1.807) is 12.1 Å². The molecule has 0 aliphatic carbocycles. The van der Waals surface area contributed by atoms with Crippen molar-refractivity contribution >= 4 is 24.4 Å². The minimum atomic E-state index is -0.396. The van der Waals surface area contributed by atoms with Crippen molar-refractivity contribution in [1.82, 2.24) is 9.88 Å². The maximum absolute atomic E-state index is 11.5. The Bertz CT molecular complexity index is 701. The van der Waals surface area contributed by atoms with Gasteiger partial charge in [0.1, 0.15) is 6.21 Å². The van der Waals surface area contributed by atoms with E-state index in [-0.39, 0.29) is 12.4 Å². The molecule has 1 fully saturated rings. The molecule has 1 aromatic heterocycles. The van der Waals surface area contributed by atoms with Gasteiger partial charge in [0.05, 0.1) is 6.61 Å². The summed E-state index contributed by atoms with van der Waals surface area (Å²) in [5.41, 5.74) is 1.68. The molecule has 0 amide bonds. The van der Waals surface area contributed by atoms with Gasteiger partial charge in [-0.15, -0.1) is 12.4 Å². The van der Waals surface area contributed by atoms with Crippen molar-refractivity contribution in [3.8, 4) is 5.88 Å². The van der Waals surface area contributed by atoms with Gasteiger partial charge in [-0.1, -0.05) is 35.5 Å². The highest BCUT2D eigenvalue weighted by atomic mass is 35.5. The molecule has 0 radical (unpaired) electrons. The average molecular weight is 362 g/mol. The molecule has 2 aromatic rings. The molecule has 1 aliphatic heterocycles. The molecule has 2 heterocycles. The van der Waals surface area contributed by atoms with Crippen molar-refractivity contribution in [1.29, 1.82) is 0 Å². The lowest BCUT2D eigenvalue weighted by molar-refractivity contribution is 0.0544. The van der Waals surface area contributed by atoms with Crippen LogP contribution >= 0.6 is 12.4 Å². The van der Waals surface area contributed by atoms with E-state index in [0.29, 0.717) is 24.0 Å². The smallest absolute Gasteiger partial charge is 0.213 e. The van der Waals surface area contributed by atoms with E-state index in [1.165, 1.54) is 11.8 Å². The van der Waals surface area contributed by atoms with Gasteiger partial charge in [-0.05, 0) is 11.6 Å². The number of likely N-dealkylation sites (tertiary alicyclic amines) is 1. The summed E-state index contributed by atoms with van der Waals surface area (Å²) in [4.78, 5) is 17.9. The Balaban J connectivity index is 0.00000225. The molecule has 1 aliphatic rings. The number of pyridine rings is 1. The molecular weight excluding hydrogens is 342 g/mol. The van der Waals surface area contributed by atoms with Crippen molar-refractivity contribution in [2.24, 2.45) is 11.1 Å². The van der Waals surface area contributed by atoms with E-state index in [9.17, 15) is 4.79 Å². The monoisotopic (exact) mass is 361 g/mol. The molecule has 132 valence electrons. The first-order chi connectivity index (χ1) is 11.7. The molecule has 1 aromatic carbocycles. The Hall–Kier alpha value is -2.44. The van der Waals surface area contributed by atoms with Crippen LogP contribution in [0.4, 0.5) is 0 Å². The third kappa shape index (κ3) is 5.27. The van der Waals surface area contributed by atoms with Gasteiger partial charge in [-0.2, -0.15) is 0 Å². The number of halogens is 1. The summed E-state index contributed by atoms with van der Waals surface area (Å²) in [5, 5.41) is 11.1. The highest BCUT2D eigenvalue weighted by Crippen LogP contribution is 2.19. The predicted octanol–water partition coefficient (Wildman–Crippen LogP) is 2.66. The lowest BCUT2D eigenvalue weighted by Gasteiger charge is -2.38. The molecular formula is C18H20ClN3O3. The summed E-state index contributed by atoms with van der Waals surface area (Å²) >= 11 is 0. The summed E-state index contributed by atoms with van der Waals surface area (Å²) in [5.74, 6) is 0.597. The second-order valence-electron chi connectivity index (χ2n) is 5.85. The van der Waals surface area contributed by atoms with E-state index in [0.717, 1.165) is 25.8 Å². The molecule has 1 saturated heterocycles. The molecule has 0 bridgehead atoms. The fourth-order valence-electron chi connectivity index (χ4n) is 2.69. The Kier molecular flexibility index (Phi) is 6.91. The standard InChI is InChI=1S/C18H19N3O3.ClH/c22-17(9-20-23)16-6-7-18(19-8-16)24-13-15-11-21(12-15)10-14-4-2-1-3-5-14;/h1-9,15,23H,10-13H2;1H/b20-9+;. The number of nitrogens with zero attached hydrogens (tertiary/aromatic N) is 3. The Labute approximate surface area is 152 Å². The molecule has 25 heavy (non-hydrogen) atoms. The fourth-order valence-corrected chi connectivity index (χ4v) is 2.69. The average Bonchev–Trinajstić information content (AvgIpc) is 2.58. The SMILES string of the molecule is Cl.O=C(/C=N/O)c1ccc(OCC2CN(Cc3ccccc3)C2)nc1. The van der Waals surface area contributed by atoms with Crippen LogP contribution in [0.15, 0.2) is 53.8 Å². The van der Waals surface area contributed by atoms with Gasteiger partial charge in [0.15, 0.2) is 0 Å². The number of aromatic nitrogens is 1. The highest BCUT2D eigenvalue weighted by molar-refractivity contribution is 6.35. The topological polar surface area (TPSA) is 75.0 Å². The zero-order valence-electron chi connectivity index (χ0n) is 13.6. The van der Waals surface area contributed by atoms with Gasteiger partial charge in [-0.25, -0.2) is 4.98 Å². The summed E-state index contributed by atoms with van der Waals surface area (Å²) in [6.45, 7) is 3.61. The molecule has 0 atom stereocenters. The fraction of sp³-hybridized carbons (Fsp3) is 0.278. The van der Waals surface area contributed by atoms with Crippen molar-refractivity contribution < 1.29 is 14.7 Å². The Morgan fingerprint density at radius 1 is 1.28 bits per heavy atom. The molecule has 1 N–H and O–H groups in total. The first-order valence-corrected chi connectivity index (χ1v) is 7.81. The van der Waals surface area contributed by atoms with Gasteiger partial charge >= 0.3 is 0 Å². The van der Waals surface area contributed by atoms with Crippen LogP contribution < -0.4 is 4.74 Å². The zero-order chi connectivity index (χ0) is 16.8. The molecule has 7 heteroatoms. The Morgan fingerprint density at radius 2 is 2.04 bits per heavy atom. The third-order valence-corrected chi connectivity index (χ3v) is 3.94. The maximum atomic E-state index is 11.5. The van der Waals surface area contributed by atoms with E-state index in [1.807, 2.05) is 6.07 Å². The molecule has 0 spiro atoms. The highest BCUT2D eigenvalue weighted by Gasteiger charge is 2.27. The van der Waals surface area contributed by atoms with Gasteiger partial charge in [-0.3, -0.25) is 9.69 Å². The maximum Gasteiger partial charge on any atom is 0.213 e. The lowest BCUT2D eigenvalue weighted by Crippen LogP contribution is -2.48. The first kappa shape index (κ1) is 18.9. The second kappa shape index (κ2) is 9.15. The van der Waals surface area contributed by atoms with Gasteiger partial charge < -0.3 is 9.94 Å². The van der Waals surface area contributed by atoms with Crippen LogP contribution in [0.25, 0.3) is 0 Å². The number of benzene rings is 1. The number of hydrogen-bond acceptors (Lipinski definition) is 6. The minimum absolute atomic E-state index is 0. The second-order valence-corrected chi connectivity index (χ2v) is 5.85. The summed E-state index contributed by atoms with van der Waals surface area (Å²) in [6.07, 6.45) is 2.26. The third-order valence-electron chi connectivity index (χ3n) is 3.94. The number of carbonyl (C=O) groups excluding carboxylic acids is 1. The van der Waals surface area contributed by atoms with Gasteiger partial charge in [0.2, 0.25) is 11.7 Å². The van der Waals surface area contributed by atoms with E-state index in [4.69, 9.17) is 9.94 Å². The number of Topliss-reactive ketones (excluding diaryl/α,β-unsaturated/α-hetero) is 1. The quantitative estimate of drug-likeness (QED) is 0.355. The van der Waals surface area contributed by atoms with Crippen LogP contribution in [0, 0.1) is 5.92 Å². The number of rotatable bonds is 7. The number of ketones is 1. The van der Waals surface area contributed by atoms with E-state index < -0.39 is 5.78 Å². The van der Waals surface area contributed by atoms with E-state index >= 15 is 0 Å². The van der Waals surface area contributed by atoms with Crippen molar-refractivity contribution in [2.75, 3.05) is 19.7 Å². The summed E-state index contributed by atoms with van der Waals surface area (Å²) in [7, 11) is 0. The predicted molar refractivity (Wildman–Crippen MR) is 96.8 cm³/mol. The molecule has 0 unspecified atom stereocenters. The van der Waals surface area contributed by atoms with Crippen molar-refractivity contribution in [3.63, 3.8) is 0 Å². The van der Waals surface area contributed by atoms with Crippen molar-refractivity contribution in [3.05, 3.63) is 59.8 Å². The number of carbonyl (C=O) groups is 1. The van der Waals surface area contributed by atoms with Crippen LogP contribution in [0.2, 0.25) is 0 Å². The number of ether oxygens (including phenoxy) is 1. The molecule has 0 saturated carbocycles.